The molecule has 0 saturated heterocycles. The van der Waals surface area contributed by atoms with Gasteiger partial charge in [-0.25, -0.2) is 4.68 Å². The maximum absolute atomic E-state index is 12.9. The fourth-order valence-electron chi connectivity index (χ4n) is 2.71. The molecular formula is C16H17F3N6O3S. The van der Waals surface area contributed by atoms with Crippen molar-refractivity contribution in [2.45, 2.75) is 30.9 Å². The molecule has 1 aromatic heterocycles. The molecule has 0 bridgehead atoms. The molecule has 0 fully saturated rings. The predicted octanol–water partition coefficient (Wildman–Crippen LogP) is 0.951. The maximum Gasteiger partial charge on any atom is 0.516 e. The molecule has 2 unspecified atom stereocenters. The highest BCUT2D eigenvalue weighted by atomic mass is 32.2. The van der Waals surface area contributed by atoms with Crippen molar-refractivity contribution in [2.75, 3.05) is 0 Å². The fourth-order valence-corrected chi connectivity index (χ4v) is 3.67. The van der Waals surface area contributed by atoms with E-state index >= 15 is 0 Å². The van der Waals surface area contributed by atoms with Gasteiger partial charge in [-0.05, 0) is 24.6 Å². The zero-order valence-corrected chi connectivity index (χ0v) is 15.9. The molecule has 3 rings (SSSR count). The minimum absolute atomic E-state index is 0.0116. The van der Waals surface area contributed by atoms with E-state index in [0.29, 0.717) is 11.9 Å². The van der Waals surface area contributed by atoms with Gasteiger partial charge in [-0.2, -0.15) is 21.6 Å². The highest BCUT2D eigenvalue weighted by Gasteiger charge is 2.52. The monoisotopic (exact) mass is 430 g/mol. The van der Waals surface area contributed by atoms with E-state index in [0.717, 1.165) is 11.8 Å². The summed E-state index contributed by atoms with van der Waals surface area (Å²) in [5, 5.41) is 9.92. The number of nitrogens with two attached hydrogens (primary N) is 1. The van der Waals surface area contributed by atoms with Crippen molar-refractivity contribution in [1.29, 1.82) is 0 Å². The highest BCUT2D eigenvalue weighted by Crippen LogP contribution is 2.30. The van der Waals surface area contributed by atoms with E-state index in [1.54, 1.807) is 24.3 Å². The summed E-state index contributed by atoms with van der Waals surface area (Å²) in [5.41, 5.74) is 1.89. The van der Waals surface area contributed by atoms with Crippen molar-refractivity contribution >= 4 is 15.9 Å². The Kier molecular flexibility index (Phi) is 5.36. The molecule has 0 aliphatic carbocycles. The number of nitrogens with one attached hydrogen (secondary N) is 1. The molecule has 2 aromatic rings. The van der Waals surface area contributed by atoms with Crippen LogP contribution in [0.15, 0.2) is 42.9 Å². The summed E-state index contributed by atoms with van der Waals surface area (Å²) in [6.07, 6.45) is 2.50. The molecule has 0 saturated carbocycles. The number of rotatable bonds is 5. The van der Waals surface area contributed by atoms with E-state index in [-0.39, 0.29) is 16.0 Å². The molecule has 13 heteroatoms. The van der Waals surface area contributed by atoms with Crippen LogP contribution in [0.25, 0.3) is 5.69 Å². The molecule has 0 spiro atoms. The summed E-state index contributed by atoms with van der Waals surface area (Å²) in [7, 11) is -5.74. The van der Waals surface area contributed by atoms with Gasteiger partial charge in [-0.1, -0.05) is 17.3 Å². The minimum atomic E-state index is -5.74. The first-order valence-electron chi connectivity index (χ1n) is 8.34. The lowest BCUT2D eigenvalue weighted by molar-refractivity contribution is -0.124. The number of halogens is 3. The number of hydrogen-bond donors (Lipinski definition) is 2. The number of hydrogen-bond acceptors (Lipinski definition) is 6. The second-order valence-corrected chi connectivity index (χ2v) is 8.19. The van der Waals surface area contributed by atoms with Crippen LogP contribution < -0.4 is 11.1 Å². The topological polar surface area (TPSA) is 123 Å². The maximum atomic E-state index is 12.9. The van der Waals surface area contributed by atoms with Crippen molar-refractivity contribution in [3.8, 4) is 5.69 Å². The molecular weight excluding hydrogens is 413 g/mol. The normalized spacial score (nSPS) is 18.6. The summed E-state index contributed by atoms with van der Waals surface area (Å²) in [4.78, 5) is 12.1. The molecule has 1 aromatic carbocycles. The smallest absolute Gasteiger partial charge is 0.329 e. The molecule has 0 radical (unpaired) electrons. The first-order chi connectivity index (χ1) is 13.5. The van der Waals surface area contributed by atoms with E-state index in [4.69, 9.17) is 5.73 Å². The van der Waals surface area contributed by atoms with Crippen molar-refractivity contribution in [3.63, 3.8) is 0 Å². The molecule has 156 valence electrons. The molecule has 1 aliphatic heterocycles. The predicted molar refractivity (Wildman–Crippen MR) is 95.5 cm³/mol. The zero-order valence-electron chi connectivity index (χ0n) is 15.0. The molecule has 1 amide bonds. The Bertz CT molecular complexity index is 1030. The second kappa shape index (κ2) is 7.48. The van der Waals surface area contributed by atoms with Gasteiger partial charge in [0, 0.05) is 24.9 Å². The van der Waals surface area contributed by atoms with Gasteiger partial charge in [0.25, 0.3) is 0 Å². The minimum Gasteiger partial charge on any atom is -0.329 e. The summed E-state index contributed by atoms with van der Waals surface area (Å²) in [5.74, 6) is -0.906. The van der Waals surface area contributed by atoms with Crippen LogP contribution in [0.4, 0.5) is 13.2 Å². The Balaban J connectivity index is 1.85. The quantitative estimate of drug-likeness (QED) is 0.728. The average Bonchev–Trinajstić information content (AvgIpc) is 3.11. The van der Waals surface area contributed by atoms with Crippen molar-refractivity contribution in [2.24, 2.45) is 5.73 Å². The lowest BCUT2D eigenvalue weighted by Crippen LogP contribution is -2.53. The Morgan fingerprint density at radius 1 is 1.28 bits per heavy atom. The molecule has 29 heavy (non-hydrogen) atoms. The number of aromatic nitrogens is 3. The standard InChI is InChI=1S/C16H17F3N6O3S/c1-10(20)11-2-4-13(5-3-11)24-9-12(22-23-24)8-14-15(26)21-6-7-25(14)29(27,28)16(17,18)19/h2-7,9-10,14H,8,20H2,1H3,(H,21,26). The third-order valence-corrected chi connectivity index (χ3v) is 5.77. The van der Waals surface area contributed by atoms with Crippen LogP contribution in [0.3, 0.4) is 0 Å². The Labute approximate surface area is 164 Å². The fraction of sp³-hybridized carbons (Fsp3) is 0.312. The van der Waals surface area contributed by atoms with Crippen LogP contribution in [-0.2, 0) is 21.2 Å². The zero-order chi connectivity index (χ0) is 21.4. The largest absolute Gasteiger partial charge is 0.516 e. The summed E-state index contributed by atoms with van der Waals surface area (Å²) in [6, 6.07) is 5.23. The van der Waals surface area contributed by atoms with Gasteiger partial charge in [-0.3, -0.25) is 9.10 Å². The van der Waals surface area contributed by atoms with Crippen molar-refractivity contribution in [3.05, 3.63) is 54.1 Å². The van der Waals surface area contributed by atoms with Gasteiger partial charge in [0.05, 0.1) is 17.6 Å². The summed E-state index contributed by atoms with van der Waals surface area (Å²) >= 11 is 0. The van der Waals surface area contributed by atoms with Gasteiger partial charge < -0.3 is 11.1 Å². The Morgan fingerprint density at radius 2 is 1.93 bits per heavy atom. The number of carbonyl (C=O) groups excluding carboxylic acids is 1. The van der Waals surface area contributed by atoms with Gasteiger partial charge in [0.2, 0.25) is 5.91 Å². The molecule has 3 N–H and O–H groups in total. The number of nitrogens with zero attached hydrogens (tertiary/aromatic N) is 4. The highest BCUT2D eigenvalue weighted by molar-refractivity contribution is 7.90. The van der Waals surface area contributed by atoms with Gasteiger partial charge in [0.1, 0.15) is 6.04 Å². The van der Waals surface area contributed by atoms with Crippen LogP contribution in [0.1, 0.15) is 24.2 Å². The van der Waals surface area contributed by atoms with Crippen LogP contribution in [0.5, 0.6) is 0 Å². The number of alkyl halides is 3. The average molecular weight is 430 g/mol. The van der Waals surface area contributed by atoms with Crippen molar-refractivity contribution in [1.82, 2.24) is 24.6 Å². The lowest BCUT2D eigenvalue weighted by atomic mass is 10.1. The molecule has 2 heterocycles. The summed E-state index contributed by atoms with van der Waals surface area (Å²) < 4.78 is 63.7. The first-order valence-corrected chi connectivity index (χ1v) is 9.78. The van der Waals surface area contributed by atoms with E-state index in [9.17, 15) is 26.4 Å². The second-order valence-electron chi connectivity index (χ2n) is 6.36. The molecule has 1 aliphatic rings. The Morgan fingerprint density at radius 3 is 2.52 bits per heavy atom. The van der Waals surface area contributed by atoms with Gasteiger partial charge >= 0.3 is 15.5 Å². The van der Waals surface area contributed by atoms with E-state index in [2.05, 4.69) is 15.6 Å². The van der Waals surface area contributed by atoms with Crippen molar-refractivity contribution < 1.29 is 26.4 Å². The third kappa shape index (κ3) is 4.10. The van der Waals surface area contributed by atoms with Crippen LogP contribution in [0.2, 0.25) is 0 Å². The van der Waals surface area contributed by atoms with Crippen LogP contribution in [0, 0.1) is 0 Å². The number of sulfonamides is 1. The van der Waals surface area contributed by atoms with Crippen LogP contribution in [-0.4, -0.2) is 45.2 Å². The Hall–Kier alpha value is -2.93. The number of carbonyl (C=O) groups is 1. The van der Waals surface area contributed by atoms with Gasteiger partial charge in [-0.15, -0.1) is 5.10 Å². The number of benzene rings is 1. The SMILES string of the molecule is CC(N)c1ccc(-n2cc(CC3C(=O)NC=CN3S(=O)(=O)C(F)(F)F)nn2)cc1. The molecule has 9 nitrogen and oxygen atoms in total. The first kappa shape index (κ1) is 20.8. The van der Waals surface area contributed by atoms with Gasteiger partial charge in [0.15, 0.2) is 0 Å². The van der Waals surface area contributed by atoms with E-state index in [1.807, 2.05) is 6.92 Å². The third-order valence-electron chi connectivity index (χ3n) is 4.25. The van der Waals surface area contributed by atoms with E-state index < -0.39 is 33.9 Å². The molecule has 2 atom stereocenters. The number of amides is 1. The lowest BCUT2D eigenvalue weighted by Gasteiger charge is -2.31. The van der Waals surface area contributed by atoms with Crippen LogP contribution >= 0.6 is 0 Å². The summed E-state index contributed by atoms with van der Waals surface area (Å²) in [6.45, 7) is 1.83. The van der Waals surface area contributed by atoms with E-state index in [1.165, 1.54) is 10.9 Å².